The second-order valence-electron chi connectivity index (χ2n) is 9.01. The molecule has 1 heterocycles. The molecule has 0 saturated heterocycles. The molecule has 0 spiro atoms. The minimum Gasteiger partial charge on any atom is -0.312 e. The summed E-state index contributed by atoms with van der Waals surface area (Å²) in [6, 6.07) is 8.36. The normalized spacial score (nSPS) is 14.0. The molecule has 0 aliphatic heterocycles. The second-order valence-corrected chi connectivity index (χ2v) is 9.01. The number of rotatable bonds is 14. The first-order valence-electron chi connectivity index (χ1n) is 14.0. The van der Waals surface area contributed by atoms with Crippen LogP contribution in [0.5, 0.6) is 0 Å². The zero-order valence-corrected chi connectivity index (χ0v) is 25.0. The summed E-state index contributed by atoms with van der Waals surface area (Å²) in [5.74, 6) is 0.189. The first-order valence-corrected chi connectivity index (χ1v) is 14.0. The Labute approximate surface area is 244 Å². The summed E-state index contributed by atoms with van der Waals surface area (Å²) >= 11 is 0. The molecule has 1 N–H and O–H groups in total. The molecule has 41 heavy (non-hydrogen) atoms. The number of allylic oxidation sites excluding steroid dienone is 7. The highest BCUT2D eigenvalue weighted by Crippen LogP contribution is 2.21. The van der Waals surface area contributed by atoms with Gasteiger partial charge in [-0.25, -0.2) is 19.1 Å². The van der Waals surface area contributed by atoms with Gasteiger partial charge in [0.25, 0.3) is 0 Å². The van der Waals surface area contributed by atoms with Crippen LogP contribution in [0.3, 0.4) is 0 Å². The highest BCUT2D eigenvalue weighted by Gasteiger charge is 2.14. The van der Waals surface area contributed by atoms with Gasteiger partial charge < -0.3 is 5.32 Å². The highest BCUT2D eigenvalue weighted by atomic mass is 19.1. The van der Waals surface area contributed by atoms with E-state index in [2.05, 4.69) is 64.2 Å². The lowest BCUT2D eigenvalue weighted by molar-refractivity contribution is 0.628. The minimum atomic E-state index is -0.281. The Balaban J connectivity index is 2.29. The predicted octanol–water partition coefficient (Wildman–Crippen LogP) is 8.04. The van der Waals surface area contributed by atoms with Gasteiger partial charge in [0.05, 0.1) is 5.69 Å². The SMILES string of the molecule is C=CN=C/C(=C\C)C/C(=C/C)C(=CC/C=C\C)CNCCc1cc(-c2ccc(F)cc2)nn1C(/N=C\C)=N/C=C\C. The van der Waals surface area contributed by atoms with Crippen LogP contribution in [-0.2, 0) is 6.42 Å². The molecule has 0 aliphatic carbocycles. The first kappa shape index (κ1) is 33.0. The van der Waals surface area contributed by atoms with Crippen molar-refractivity contribution < 1.29 is 4.39 Å². The van der Waals surface area contributed by atoms with E-state index in [0.29, 0.717) is 18.9 Å². The van der Waals surface area contributed by atoms with Crippen LogP contribution in [0.15, 0.2) is 117 Å². The number of aromatic nitrogens is 2. The van der Waals surface area contributed by atoms with Gasteiger partial charge >= 0.3 is 0 Å². The molecule has 6 nitrogen and oxygen atoms in total. The number of aliphatic imine (C=N–C) groups is 3. The van der Waals surface area contributed by atoms with Crippen molar-refractivity contribution >= 4 is 18.4 Å². The zero-order chi connectivity index (χ0) is 29.9. The summed E-state index contributed by atoms with van der Waals surface area (Å²) in [6.45, 7) is 15.0. The van der Waals surface area contributed by atoms with E-state index in [1.54, 1.807) is 35.4 Å². The molecule has 2 rings (SSSR count). The van der Waals surface area contributed by atoms with Gasteiger partial charge in [0.1, 0.15) is 5.82 Å². The van der Waals surface area contributed by atoms with Crippen LogP contribution >= 0.6 is 0 Å². The molecular weight excluding hydrogens is 511 g/mol. The molecule has 7 heteroatoms. The van der Waals surface area contributed by atoms with Crippen molar-refractivity contribution in [2.45, 2.75) is 53.9 Å². The Morgan fingerprint density at radius 1 is 1.05 bits per heavy atom. The molecule has 0 amide bonds. The van der Waals surface area contributed by atoms with Crippen molar-refractivity contribution in [2.75, 3.05) is 13.1 Å². The fourth-order valence-corrected chi connectivity index (χ4v) is 4.03. The van der Waals surface area contributed by atoms with E-state index in [1.807, 2.05) is 46.1 Å². The molecule has 0 fully saturated rings. The third kappa shape index (κ3) is 11.0. The second kappa shape index (κ2) is 19.0. The number of nitrogens with one attached hydrogen (secondary N) is 1. The summed E-state index contributed by atoms with van der Waals surface area (Å²) in [7, 11) is 0. The summed E-state index contributed by atoms with van der Waals surface area (Å²) in [4.78, 5) is 13.1. The van der Waals surface area contributed by atoms with Gasteiger partial charge in [0.15, 0.2) is 0 Å². The molecule has 1 aromatic heterocycles. The standard InChI is InChI=1S/C34H43FN6/c1-7-13-14-15-30(28(10-4)23-27(9-3)25-36-11-5)26-37-22-20-32-24-33(29-16-18-31(35)19-17-29)40-41(32)34(38-12-6)39-21-8-2/h7-13,15-19,21,24-25,37H,5,14,20,22-23,26H2,1-4,6H3/b13-7-,21-8-,27-9-,28-10-,30-15?,36-25?,38-12-,39-34+. The Bertz CT molecular complexity index is 1350. The molecule has 2 aromatic rings. The van der Waals surface area contributed by atoms with E-state index in [0.717, 1.165) is 41.9 Å². The molecule has 0 aliphatic rings. The number of benzene rings is 1. The molecule has 0 atom stereocenters. The predicted molar refractivity (Wildman–Crippen MR) is 174 cm³/mol. The summed E-state index contributed by atoms with van der Waals surface area (Å²) in [6.07, 6.45) is 21.8. The van der Waals surface area contributed by atoms with Crippen molar-refractivity contribution in [1.82, 2.24) is 15.1 Å². The number of hydrogen-bond acceptors (Lipinski definition) is 4. The van der Waals surface area contributed by atoms with E-state index in [1.165, 1.54) is 23.3 Å². The lowest BCUT2D eigenvalue weighted by atomic mass is 9.96. The van der Waals surface area contributed by atoms with Gasteiger partial charge in [-0.3, -0.25) is 4.99 Å². The maximum absolute atomic E-state index is 13.5. The van der Waals surface area contributed by atoms with Crippen molar-refractivity contribution in [3.63, 3.8) is 0 Å². The summed E-state index contributed by atoms with van der Waals surface area (Å²) in [5, 5.41) is 8.41. The monoisotopic (exact) mass is 554 g/mol. The van der Waals surface area contributed by atoms with Crippen LogP contribution in [0, 0.1) is 5.82 Å². The van der Waals surface area contributed by atoms with Gasteiger partial charge in [0.2, 0.25) is 5.96 Å². The first-order chi connectivity index (χ1) is 20.0. The van der Waals surface area contributed by atoms with Gasteiger partial charge in [-0.2, -0.15) is 5.10 Å². The third-order valence-corrected chi connectivity index (χ3v) is 6.18. The smallest absolute Gasteiger partial charge is 0.250 e. The van der Waals surface area contributed by atoms with Gasteiger partial charge in [0, 0.05) is 55.6 Å². The fourth-order valence-electron chi connectivity index (χ4n) is 4.03. The molecular formula is C34H43FN6. The average Bonchev–Trinajstić information content (AvgIpc) is 3.41. The fraction of sp³-hybridized carbons (Fsp3) is 0.294. The quantitative estimate of drug-likeness (QED) is 0.0844. The van der Waals surface area contributed by atoms with Crippen molar-refractivity contribution in [1.29, 1.82) is 0 Å². The Kier molecular flexibility index (Phi) is 15.2. The van der Waals surface area contributed by atoms with Crippen LogP contribution in [0.2, 0.25) is 0 Å². The molecule has 1 aromatic carbocycles. The Morgan fingerprint density at radius 2 is 1.83 bits per heavy atom. The van der Waals surface area contributed by atoms with Gasteiger partial charge in [-0.1, -0.05) is 43.0 Å². The van der Waals surface area contributed by atoms with E-state index >= 15 is 0 Å². The molecule has 0 radical (unpaired) electrons. The molecule has 0 saturated carbocycles. The molecule has 0 unspecified atom stereocenters. The topological polar surface area (TPSA) is 66.9 Å². The van der Waals surface area contributed by atoms with Crippen LogP contribution in [0.4, 0.5) is 4.39 Å². The zero-order valence-electron chi connectivity index (χ0n) is 25.0. The average molecular weight is 555 g/mol. The molecule has 216 valence electrons. The Morgan fingerprint density at radius 3 is 2.46 bits per heavy atom. The van der Waals surface area contributed by atoms with Gasteiger partial charge in [-0.15, -0.1) is 0 Å². The number of hydrogen-bond donors (Lipinski definition) is 1. The van der Waals surface area contributed by atoms with Crippen LogP contribution in [0.25, 0.3) is 11.3 Å². The molecule has 0 bridgehead atoms. The van der Waals surface area contributed by atoms with Crippen LogP contribution in [-0.4, -0.2) is 41.3 Å². The largest absolute Gasteiger partial charge is 0.312 e. The Hall–Kier alpha value is -4.23. The lowest BCUT2D eigenvalue weighted by Crippen LogP contribution is -2.23. The maximum Gasteiger partial charge on any atom is 0.250 e. The maximum atomic E-state index is 13.5. The van der Waals surface area contributed by atoms with Crippen molar-refractivity contribution in [3.8, 4) is 11.3 Å². The van der Waals surface area contributed by atoms with Gasteiger partial charge in [-0.05, 0) is 94.5 Å². The van der Waals surface area contributed by atoms with E-state index in [-0.39, 0.29) is 5.82 Å². The van der Waals surface area contributed by atoms with Crippen LogP contribution in [0.1, 0.15) is 53.2 Å². The van der Waals surface area contributed by atoms with Crippen LogP contribution < -0.4 is 5.32 Å². The van der Waals surface area contributed by atoms with Crippen molar-refractivity contribution in [2.24, 2.45) is 15.0 Å². The highest BCUT2D eigenvalue weighted by molar-refractivity contribution is 5.89. The van der Waals surface area contributed by atoms with E-state index in [9.17, 15) is 4.39 Å². The summed E-state index contributed by atoms with van der Waals surface area (Å²) < 4.78 is 15.3. The number of nitrogens with zero attached hydrogens (tertiary/aromatic N) is 5. The summed E-state index contributed by atoms with van der Waals surface area (Å²) in [5.41, 5.74) is 6.17. The minimum absolute atomic E-state index is 0.281. The third-order valence-electron chi connectivity index (χ3n) is 6.18. The number of halogens is 1. The van der Waals surface area contributed by atoms with Crippen molar-refractivity contribution in [3.05, 3.63) is 114 Å². The lowest BCUT2D eigenvalue weighted by Gasteiger charge is -2.14. The van der Waals surface area contributed by atoms with E-state index < -0.39 is 0 Å². The van der Waals surface area contributed by atoms with E-state index in [4.69, 9.17) is 5.10 Å².